The number of hydrogen-bond donors (Lipinski definition) is 1. The quantitative estimate of drug-likeness (QED) is 0.831. The maximum absolute atomic E-state index is 13.7. The van der Waals surface area contributed by atoms with E-state index in [0.29, 0.717) is 10.2 Å². The Morgan fingerprint density at radius 1 is 1.42 bits per heavy atom. The molecule has 0 unspecified atom stereocenters. The molecule has 0 aliphatic carbocycles. The van der Waals surface area contributed by atoms with Crippen LogP contribution in [0.15, 0.2) is 34.9 Å². The summed E-state index contributed by atoms with van der Waals surface area (Å²) in [5, 5.41) is 2.67. The zero-order valence-electron chi connectivity index (χ0n) is 9.88. The third-order valence-corrected chi connectivity index (χ3v) is 3.16. The van der Waals surface area contributed by atoms with E-state index < -0.39 is 11.7 Å². The van der Waals surface area contributed by atoms with Gasteiger partial charge in [0.2, 0.25) is 0 Å². The van der Waals surface area contributed by atoms with E-state index in [4.69, 9.17) is 11.6 Å². The zero-order valence-corrected chi connectivity index (χ0v) is 12.2. The third kappa shape index (κ3) is 3.30. The van der Waals surface area contributed by atoms with Crippen LogP contribution in [-0.4, -0.2) is 10.9 Å². The Labute approximate surface area is 122 Å². The normalized spacial score (nSPS) is 10.3. The number of benzene rings is 1. The second-order valence-electron chi connectivity index (χ2n) is 3.93. The number of amides is 1. The predicted octanol–water partition coefficient (Wildman–Crippen LogP) is 4.20. The minimum absolute atomic E-state index is 0.0401. The van der Waals surface area contributed by atoms with Crippen molar-refractivity contribution in [3.8, 4) is 0 Å². The van der Waals surface area contributed by atoms with Gasteiger partial charge in [0.05, 0.1) is 11.3 Å². The Balaban J connectivity index is 2.28. The largest absolute Gasteiger partial charge is 0.319 e. The Bertz CT molecular complexity index is 649. The van der Waals surface area contributed by atoms with Crippen LogP contribution in [0.4, 0.5) is 10.1 Å². The average molecular weight is 344 g/mol. The number of aromatic nitrogens is 1. The van der Waals surface area contributed by atoms with Crippen molar-refractivity contribution in [1.82, 2.24) is 4.98 Å². The molecule has 1 amide bonds. The molecule has 3 nitrogen and oxygen atoms in total. The predicted molar refractivity (Wildman–Crippen MR) is 76.0 cm³/mol. The molecule has 1 aromatic carbocycles. The number of hydrogen-bond acceptors (Lipinski definition) is 2. The van der Waals surface area contributed by atoms with Gasteiger partial charge in [-0.1, -0.05) is 17.7 Å². The van der Waals surface area contributed by atoms with Gasteiger partial charge in [-0.3, -0.25) is 4.79 Å². The van der Waals surface area contributed by atoms with E-state index in [0.717, 1.165) is 5.56 Å². The number of pyridine rings is 1. The topological polar surface area (TPSA) is 42.0 Å². The fourth-order valence-electron chi connectivity index (χ4n) is 1.50. The van der Waals surface area contributed by atoms with Crippen LogP contribution in [0.1, 0.15) is 15.9 Å². The van der Waals surface area contributed by atoms with Crippen molar-refractivity contribution < 1.29 is 9.18 Å². The average Bonchev–Trinajstić information content (AvgIpc) is 2.33. The lowest BCUT2D eigenvalue weighted by atomic mass is 10.1. The fourth-order valence-corrected chi connectivity index (χ4v) is 1.99. The van der Waals surface area contributed by atoms with Gasteiger partial charge in [-0.05, 0) is 46.6 Å². The first-order valence-corrected chi connectivity index (χ1v) is 6.53. The standard InChI is InChI=1S/C13H9BrClFN2O/c1-7-2-3-9(10(16)4-7)13(19)18-11-5-8(14)6-17-12(11)15/h2-6H,1H3,(H,18,19). The molecule has 0 fully saturated rings. The number of anilines is 1. The van der Waals surface area contributed by atoms with E-state index in [2.05, 4.69) is 26.2 Å². The Hall–Kier alpha value is -1.46. The van der Waals surface area contributed by atoms with E-state index in [1.165, 1.54) is 18.3 Å². The minimum atomic E-state index is -0.573. The molecule has 0 saturated heterocycles. The van der Waals surface area contributed by atoms with Crippen molar-refractivity contribution >= 4 is 39.1 Å². The van der Waals surface area contributed by atoms with Crippen molar-refractivity contribution in [3.05, 3.63) is 57.0 Å². The van der Waals surface area contributed by atoms with Crippen LogP contribution in [0.2, 0.25) is 5.15 Å². The summed E-state index contributed by atoms with van der Waals surface area (Å²) < 4.78 is 14.3. The number of carbonyl (C=O) groups excluding carboxylic acids is 1. The molecule has 0 saturated carbocycles. The summed E-state index contributed by atoms with van der Waals surface area (Å²) in [7, 11) is 0. The maximum Gasteiger partial charge on any atom is 0.258 e. The highest BCUT2D eigenvalue weighted by molar-refractivity contribution is 9.10. The van der Waals surface area contributed by atoms with Gasteiger partial charge in [0, 0.05) is 10.7 Å². The van der Waals surface area contributed by atoms with Gasteiger partial charge < -0.3 is 5.32 Å². The van der Waals surface area contributed by atoms with Gasteiger partial charge in [-0.15, -0.1) is 0 Å². The lowest BCUT2D eigenvalue weighted by Crippen LogP contribution is -2.14. The van der Waals surface area contributed by atoms with Crippen LogP contribution in [0.3, 0.4) is 0 Å². The molecule has 0 aliphatic heterocycles. The molecule has 1 N–H and O–H groups in total. The van der Waals surface area contributed by atoms with Gasteiger partial charge in [0.25, 0.3) is 5.91 Å². The number of nitrogens with zero attached hydrogens (tertiary/aromatic N) is 1. The lowest BCUT2D eigenvalue weighted by Gasteiger charge is -2.08. The van der Waals surface area contributed by atoms with Crippen LogP contribution < -0.4 is 5.32 Å². The first-order chi connectivity index (χ1) is 8.97. The van der Waals surface area contributed by atoms with Gasteiger partial charge in [-0.25, -0.2) is 9.37 Å². The van der Waals surface area contributed by atoms with Crippen LogP contribution in [0.25, 0.3) is 0 Å². The molecule has 0 spiro atoms. The molecule has 1 aromatic heterocycles. The molecule has 0 atom stereocenters. The monoisotopic (exact) mass is 342 g/mol. The number of carbonyl (C=O) groups is 1. The summed E-state index contributed by atoms with van der Waals surface area (Å²) in [5.74, 6) is -1.14. The van der Waals surface area contributed by atoms with Gasteiger partial charge >= 0.3 is 0 Å². The smallest absolute Gasteiger partial charge is 0.258 e. The molecule has 19 heavy (non-hydrogen) atoms. The van der Waals surface area contributed by atoms with Gasteiger partial charge in [-0.2, -0.15) is 0 Å². The van der Waals surface area contributed by atoms with Crippen LogP contribution in [0.5, 0.6) is 0 Å². The summed E-state index contributed by atoms with van der Waals surface area (Å²) >= 11 is 9.07. The summed E-state index contributed by atoms with van der Waals surface area (Å²) in [4.78, 5) is 15.8. The van der Waals surface area contributed by atoms with E-state index in [1.807, 2.05) is 0 Å². The lowest BCUT2D eigenvalue weighted by molar-refractivity contribution is 0.102. The number of nitrogens with one attached hydrogen (secondary N) is 1. The molecular formula is C13H9BrClFN2O. The summed E-state index contributed by atoms with van der Waals surface area (Å²) in [6, 6.07) is 5.99. The highest BCUT2D eigenvalue weighted by Crippen LogP contribution is 2.24. The highest BCUT2D eigenvalue weighted by Gasteiger charge is 2.13. The van der Waals surface area contributed by atoms with Crippen LogP contribution in [-0.2, 0) is 0 Å². The highest BCUT2D eigenvalue weighted by atomic mass is 79.9. The van der Waals surface area contributed by atoms with Gasteiger partial charge in [0.1, 0.15) is 5.82 Å². The summed E-state index contributed by atoms with van der Waals surface area (Å²) in [6.07, 6.45) is 1.50. The van der Waals surface area contributed by atoms with Crippen LogP contribution in [0, 0.1) is 12.7 Å². The number of aryl methyl sites for hydroxylation is 1. The Morgan fingerprint density at radius 3 is 2.84 bits per heavy atom. The molecule has 0 radical (unpaired) electrons. The first-order valence-electron chi connectivity index (χ1n) is 5.36. The van der Waals surface area contributed by atoms with E-state index in [9.17, 15) is 9.18 Å². The molecule has 0 aliphatic rings. The van der Waals surface area contributed by atoms with Crippen molar-refractivity contribution in [2.24, 2.45) is 0 Å². The van der Waals surface area contributed by atoms with E-state index in [1.54, 1.807) is 19.1 Å². The van der Waals surface area contributed by atoms with Crippen LogP contribution >= 0.6 is 27.5 Å². The summed E-state index contributed by atoms with van der Waals surface area (Å²) in [5.41, 5.74) is 1.03. The Kier molecular flexibility index (Phi) is 4.17. The number of halogens is 3. The number of rotatable bonds is 2. The first kappa shape index (κ1) is 14.0. The second kappa shape index (κ2) is 5.67. The molecule has 2 rings (SSSR count). The molecular weight excluding hydrogens is 335 g/mol. The minimum Gasteiger partial charge on any atom is -0.319 e. The van der Waals surface area contributed by atoms with Crippen molar-refractivity contribution in [3.63, 3.8) is 0 Å². The molecule has 1 heterocycles. The molecule has 6 heteroatoms. The molecule has 0 bridgehead atoms. The summed E-state index contributed by atoms with van der Waals surface area (Å²) in [6.45, 7) is 1.75. The Morgan fingerprint density at radius 2 is 2.16 bits per heavy atom. The van der Waals surface area contributed by atoms with Gasteiger partial charge in [0.15, 0.2) is 5.15 Å². The fraction of sp³-hybridized carbons (Fsp3) is 0.0769. The van der Waals surface area contributed by atoms with Crippen molar-refractivity contribution in [1.29, 1.82) is 0 Å². The third-order valence-electron chi connectivity index (χ3n) is 2.42. The van der Waals surface area contributed by atoms with Crippen molar-refractivity contribution in [2.75, 3.05) is 5.32 Å². The molecule has 98 valence electrons. The SMILES string of the molecule is Cc1ccc(C(=O)Nc2cc(Br)cnc2Cl)c(F)c1. The van der Waals surface area contributed by atoms with E-state index in [-0.39, 0.29) is 10.7 Å². The maximum atomic E-state index is 13.7. The second-order valence-corrected chi connectivity index (χ2v) is 5.20. The van der Waals surface area contributed by atoms with Crippen molar-refractivity contribution in [2.45, 2.75) is 6.92 Å². The molecule has 2 aromatic rings. The zero-order chi connectivity index (χ0) is 14.0. The van der Waals surface area contributed by atoms with E-state index >= 15 is 0 Å².